The fourth-order valence-corrected chi connectivity index (χ4v) is 1.47. The monoisotopic (exact) mass is 219 g/mol. The van der Waals surface area contributed by atoms with Crippen molar-refractivity contribution in [3.8, 4) is 0 Å². The zero-order valence-electron chi connectivity index (χ0n) is 8.09. The summed E-state index contributed by atoms with van der Waals surface area (Å²) in [5.41, 5.74) is 0. The fourth-order valence-electron chi connectivity index (χ4n) is 1.47. The van der Waals surface area contributed by atoms with Crippen LogP contribution in [0.4, 0.5) is 19.0 Å². The molecule has 0 bridgehead atoms. The Balaban J connectivity index is 1.91. The van der Waals surface area contributed by atoms with E-state index in [4.69, 9.17) is 0 Å². The van der Waals surface area contributed by atoms with Crippen LogP contribution in [0.15, 0.2) is 12.3 Å². The van der Waals surface area contributed by atoms with Crippen LogP contribution in [-0.2, 0) is 6.54 Å². The van der Waals surface area contributed by atoms with Crippen molar-refractivity contribution in [3.63, 3.8) is 0 Å². The summed E-state index contributed by atoms with van der Waals surface area (Å²) < 4.78 is 36.9. The standard InChI is InChI=1S/C9H12F3N3/c10-9(11,12)6-15-5-4-8(14-15)13-7-2-1-3-7/h4-5,7H,1-3,6H2,(H,13,14). The van der Waals surface area contributed by atoms with Crippen molar-refractivity contribution in [1.29, 1.82) is 0 Å². The largest absolute Gasteiger partial charge is 0.408 e. The zero-order chi connectivity index (χ0) is 10.9. The molecule has 1 aromatic rings. The smallest absolute Gasteiger partial charge is 0.366 e. The van der Waals surface area contributed by atoms with E-state index < -0.39 is 12.7 Å². The third kappa shape index (κ3) is 2.87. The Hall–Kier alpha value is -1.20. The molecule has 1 aliphatic carbocycles. The average Bonchev–Trinajstić information content (AvgIpc) is 2.42. The third-order valence-corrected chi connectivity index (χ3v) is 2.44. The van der Waals surface area contributed by atoms with Crippen LogP contribution in [0.2, 0.25) is 0 Å². The fraction of sp³-hybridized carbons (Fsp3) is 0.667. The number of anilines is 1. The van der Waals surface area contributed by atoms with Crippen molar-refractivity contribution in [1.82, 2.24) is 9.78 Å². The summed E-state index contributed by atoms with van der Waals surface area (Å²) in [6.45, 7) is -1.03. The Labute approximate surface area is 85.3 Å². The number of rotatable bonds is 3. The molecule has 1 aromatic heterocycles. The lowest BCUT2D eigenvalue weighted by atomic mass is 9.93. The van der Waals surface area contributed by atoms with Crippen molar-refractivity contribution in [2.45, 2.75) is 38.0 Å². The topological polar surface area (TPSA) is 29.9 Å². The van der Waals surface area contributed by atoms with Gasteiger partial charge < -0.3 is 5.32 Å². The van der Waals surface area contributed by atoms with Gasteiger partial charge in [-0.1, -0.05) is 0 Å². The maximum absolute atomic E-state index is 12.0. The molecule has 1 N–H and O–H groups in total. The van der Waals surface area contributed by atoms with E-state index in [1.807, 2.05) is 0 Å². The van der Waals surface area contributed by atoms with Gasteiger partial charge in [0.2, 0.25) is 0 Å². The molecule has 3 nitrogen and oxygen atoms in total. The van der Waals surface area contributed by atoms with Gasteiger partial charge >= 0.3 is 6.18 Å². The van der Waals surface area contributed by atoms with Gasteiger partial charge in [0.1, 0.15) is 12.4 Å². The molecular formula is C9H12F3N3. The molecule has 6 heteroatoms. The summed E-state index contributed by atoms with van der Waals surface area (Å²) in [6, 6.07) is 1.96. The van der Waals surface area contributed by atoms with Crippen LogP contribution < -0.4 is 5.32 Å². The number of hydrogen-bond donors (Lipinski definition) is 1. The first kappa shape index (κ1) is 10.3. The number of hydrogen-bond acceptors (Lipinski definition) is 2. The minimum Gasteiger partial charge on any atom is -0.366 e. The van der Waals surface area contributed by atoms with Gasteiger partial charge in [0.15, 0.2) is 0 Å². The van der Waals surface area contributed by atoms with Gasteiger partial charge in [-0.15, -0.1) is 0 Å². The van der Waals surface area contributed by atoms with Crippen molar-refractivity contribution >= 4 is 5.82 Å². The predicted molar refractivity (Wildman–Crippen MR) is 49.5 cm³/mol. The van der Waals surface area contributed by atoms with Crippen LogP contribution in [0.25, 0.3) is 0 Å². The van der Waals surface area contributed by atoms with Gasteiger partial charge in [-0.25, -0.2) is 0 Å². The quantitative estimate of drug-likeness (QED) is 0.846. The third-order valence-electron chi connectivity index (χ3n) is 2.44. The molecule has 1 aliphatic rings. The Kier molecular flexibility index (Phi) is 2.58. The number of alkyl halides is 3. The van der Waals surface area contributed by atoms with E-state index in [0.29, 0.717) is 11.9 Å². The van der Waals surface area contributed by atoms with Crippen LogP contribution in [0.3, 0.4) is 0 Å². The summed E-state index contributed by atoms with van der Waals surface area (Å²) in [5.74, 6) is 0.531. The van der Waals surface area contributed by atoms with E-state index in [2.05, 4.69) is 10.4 Å². The SMILES string of the molecule is FC(F)(F)Cn1ccc(NC2CCC2)n1. The van der Waals surface area contributed by atoms with Gasteiger partial charge in [-0.2, -0.15) is 18.3 Å². The molecule has 0 unspecified atom stereocenters. The highest BCUT2D eigenvalue weighted by atomic mass is 19.4. The van der Waals surface area contributed by atoms with Crippen molar-refractivity contribution in [3.05, 3.63) is 12.3 Å². The first-order valence-electron chi connectivity index (χ1n) is 4.90. The molecule has 1 heterocycles. The van der Waals surface area contributed by atoms with Crippen molar-refractivity contribution < 1.29 is 13.2 Å². The van der Waals surface area contributed by atoms with Gasteiger partial charge in [-0.05, 0) is 19.3 Å². The van der Waals surface area contributed by atoms with Gasteiger partial charge in [0.25, 0.3) is 0 Å². The van der Waals surface area contributed by atoms with Crippen LogP contribution in [-0.4, -0.2) is 22.0 Å². The molecule has 1 fully saturated rings. The highest BCUT2D eigenvalue weighted by molar-refractivity contribution is 5.34. The Morgan fingerprint density at radius 3 is 2.73 bits per heavy atom. The maximum atomic E-state index is 12.0. The van der Waals surface area contributed by atoms with Crippen molar-refractivity contribution in [2.24, 2.45) is 0 Å². The molecule has 0 aromatic carbocycles. The predicted octanol–water partition coefficient (Wildman–Crippen LogP) is 2.41. The highest BCUT2D eigenvalue weighted by Gasteiger charge is 2.28. The number of nitrogens with zero attached hydrogens (tertiary/aromatic N) is 2. The van der Waals surface area contributed by atoms with E-state index in [0.717, 1.165) is 17.5 Å². The molecule has 15 heavy (non-hydrogen) atoms. The summed E-state index contributed by atoms with van der Waals surface area (Å²) in [5, 5.41) is 6.89. The first-order chi connectivity index (χ1) is 7.03. The zero-order valence-corrected chi connectivity index (χ0v) is 8.09. The van der Waals surface area contributed by atoms with E-state index >= 15 is 0 Å². The molecule has 2 rings (SSSR count). The Bertz CT molecular complexity index is 328. The lowest BCUT2D eigenvalue weighted by molar-refractivity contribution is -0.142. The van der Waals surface area contributed by atoms with Gasteiger partial charge in [0, 0.05) is 18.3 Å². The number of aromatic nitrogens is 2. The van der Waals surface area contributed by atoms with Crippen LogP contribution in [0.1, 0.15) is 19.3 Å². The average molecular weight is 219 g/mol. The van der Waals surface area contributed by atoms with E-state index in [1.165, 1.54) is 12.6 Å². The second-order valence-corrected chi connectivity index (χ2v) is 3.79. The molecule has 0 amide bonds. The molecule has 0 saturated heterocycles. The molecule has 0 atom stereocenters. The summed E-state index contributed by atoms with van der Waals surface area (Å²) >= 11 is 0. The maximum Gasteiger partial charge on any atom is 0.408 e. The van der Waals surface area contributed by atoms with Gasteiger partial charge in [-0.3, -0.25) is 4.68 Å². The Morgan fingerprint density at radius 2 is 2.20 bits per heavy atom. The minimum absolute atomic E-state index is 0.388. The van der Waals surface area contributed by atoms with Crippen LogP contribution >= 0.6 is 0 Å². The van der Waals surface area contributed by atoms with Crippen LogP contribution in [0.5, 0.6) is 0 Å². The number of halogens is 3. The van der Waals surface area contributed by atoms with E-state index in [1.54, 1.807) is 6.07 Å². The lowest BCUT2D eigenvalue weighted by Gasteiger charge is -2.26. The summed E-state index contributed by atoms with van der Waals surface area (Å²) in [4.78, 5) is 0. The van der Waals surface area contributed by atoms with Gasteiger partial charge in [0.05, 0.1) is 0 Å². The molecule has 0 aliphatic heterocycles. The van der Waals surface area contributed by atoms with E-state index in [-0.39, 0.29) is 0 Å². The molecule has 0 spiro atoms. The molecule has 0 radical (unpaired) electrons. The highest BCUT2D eigenvalue weighted by Crippen LogP contribution is 2.23. The normalized spacial score (nSPS) is 17.5. The summed E-state index contributed by atoms with van der Waals surface area (Å²) in [7, 11) is 0. The second-order valence-electron chi connectivity index (χ2n) is 3.79. The molecule has 84 valence electrons. The van der Waals surface area contributed by atoms with Crippen molar-refractivity contribution in [2.75, 3.05) is 5.32 Å². The molecule has 1 saturated carbocycles. The second kappa shape index (κ2) is 3.75. The number of nitrogens with one attached hydrogen (secondary N) is 1. The van der Waals surface area contributed by atoms with Crippen LogP contribution in [0, 0.1) is 0 Å². The Morgan fingerprint density at radius 1 is 1.47 bits per heavy atom. The first-order valence-corrected chi connectivity index (χ1v) is 4.90. The lowest BCUT2D eigenvalue weighted by Crippen LogP contribution is -2.27. The minimum atomic E-state index is -4.21. The van der Waals surface area contributed by atoms with E-state index in [9.17, 15) is 13.2 Å². The molecular weight excluding hydrogens is 207 g/mol. The summed E-state index contributed by atoms with van der Waals surface area (Å²) in [6.07, 6.45) is 0.466.